The molecular weight excluding hydrogens is 376 g/mol. The van der Waals surface area contributed by atoms with Crippen molar-refractivity contribution in [1.82, 2.24) is 4.90 Å². The first-order valence-electron chi connectivity index (χ1n) is 7.51. The van der Waals surface area contributed by atoms with E-state index >= 15 is 0 Å². The fourth-order valence-electron chi connectivity index (χ4n) is 2.88. The monoisotopic (exact) mass is 390 g/mol. The third-order valence-electron chi connectivity index (χ3n) is 4.07. The number of carbonyl (C=O) groups excluding carboxylic acids is 1. The molecule has 0 fully saturated rings. The molecule has 3 rings (SSSR count). The fraction of sp³-hybridized carbons (Fsp3) is 0.235. The van der Waals surface area contributed by atoms with Crippen LogP contribution in [0.5, 0.6) is 5.75 Å². The molecule has 2 heterocycles. The molecule has 0 radical (unpaired) electrons. The number of nitrogens with two attached hydrogens (primary N) is 1. The van der Waals surface area contributed by atoms with Crippen molar-refractivity contribution >= 4 is 34.5 Å². The van der Waals surface area contributed by atoms with Crippen LogP contribution in [-0.4, -0.2) is 30.3 Å². The van der Waals surface area contributed by atoms with Gasteiger partial charge in [-0.05, 0) is 36.4 Å². The molecule has 0 saturated heterocycles. The van der Waals surface area contributed by atoms with Gasteiger partial charge in [0, 0.05) is 0 Å². The largest absolute Gasteiger partial charge is 0.495 e. The number of aliphatic imine (C=N–C) groups is 1. The second kappa shape index (κ2) is 6.94. The molecule has 7 nitrogen and oxygen atoms in total. The lowest BCUT2D eigenvalue weighted by molar-refractivity contribution is -0.136. The number of halogens is 1. The molecule has 0 spiro atoms. The van der Waals surface area contributed by atoms with Crippen molar-refractivity contribution in [1.29, 1.82) is 5.26 Å². The first kappa shape index (κ1) is 18.2. The molecule has 0 amide bonds. The van der Waals surface area contributed by atoms with E-state index in [9.17, 15) is 10.1 Å². The average Bonchev–Trinajstić information content (AvgIpc) is 2.95. The van der Waals surface area contributed by atoms with E-state index in [0.29, 0.717) is 37.7 Å². The minimum Gasteiger partial charge on any atom is -0.495 e. The molecule has 26 heavy (non-hydrogen) atoms. The molecule has 2 N–H and O–H groups in total. The summed E-state index contributed by atoms with van der Waals surface area (Å²) >= 11 is 7.44. The second-order valence-corrected chi connectivity index (χ2v) is 6.86. The van der Waals surface area contributed by atoms with Gasteiger partial charge in [0.15, 0.2) is 5.17 Å². The highest BCUT2D eigenvalue weighted by Crippen LogP contribution is 2.46. The molecular formula is C17H15ClN4O3S. The van der Waals surface area contributed by atoms with Gasteiger partial charge in [-0.1, -0.05) is 17.7 Å². The minimum absolute atomic E-state index is 0.238. The van der Waals surface area contributed by atoms with E-state index in [1.165, 1.54) is 14.2 Å². The van der Waals surface area contributed by atoms with Crippen molar-refractivity contribution < 1.29 is 14.3 Å². The molecule has 1 atom stereocenters. The average molecular weight is 391 g/mol. The van der Waals surface area contributed by atoms with Crippen molar-refractivity contribution in [2.45, 2.75) is 13.0 Å². The summed E-state index contributed by atoms with van der Waals surface area (Å²) in [7, 11) is 2.83. The van der Waals surface area contributed by atoms with Gasteiger partial charge in [0.25, 0.3) is 0 Å². The highest BCUT2D eigenvalue weighted by atomic mass is 35.5. The summed E-state index contributed by atoms with van der Waals surface area (Å²) in [5.74, 6) is 0.227. The third kappa shape index (κ3) is 2.79. The number of nitriles is 1. The Bertz CT molecular complexity index is 932. The number of nitrogens with zero attached hydrogens (tertiary/aromatic N) is 3. The number of rotatable bonds is 3. The van der Waals surface area contributed by atoms with Gasteiger partial charge in [0.05, 0.1) is 36.6 Å². The first-order chi connectivity index (χ1) is 12.4. The van der Waals surface area contributed by atoms with Gasteiger partial charge in [0.1, 0.15) is 22.5 Å². The molecule has 1 aromatic rings. The topological polar surface area (TPSA) is 101 Å². The number of hydrogen-bond donors (Lipinski definition) is 1. The zero-order valence-corrected chi connectivity index (χ0v) is 15.8. The predicted molar refractivity (Wildman–Crippen MR) is 99.2 cm³/mol. The van der Waals surface area contributed by atoms with Crippen LogP contribution in [0.2, 0.25) is 5.02 Å². The lowest BCUT2D eigenvalue weighted by Crippen LogP contribution is -2.38. The Hall–Kier alpha value is -2.63. The summed E-state index contributed by atoms with van der Waals surface area (Å²) in [4.78, 5) is 18.9. The van der Waals surface area contributed by atoms with E-state index in [1.54, 1.807) is 30.0 Å². The van der Waals surface area contributed by atoms with Gasteiger partial charge in [-0.15, -0.1) is 0 Å². The molecule has 0 unspecified atom stereocenters. The number of benzene rings is 1. The van der Waals surface area contributed by atoms with Gasteiger partial charge >= 0.3 is 5.97 Å². The van der Waals surface area contributed by atoms with Gasteiger partial charge in [-0.25, -0.2) is 9.79 Å². The number of hydrogen-bond acceptors (Lipinski definition) is 8. The van der Waals surface area contributed by atoms with Crippen LogP contribution in [0.15, 0.2) is 45.2 Å². The van der Waals surface area contributed by atoms with Crippen LogP contribution in [-0.2, 0) is 9.53 Å². The van der Waals surface area contributed by atoms with E-state index in [4.69, 9.17) is 26.8 Å². The maximum absolute atomic E-state index is 12.5. The summed E-state index contributed by atoms with van der Waals surface area (Å²) in [6.45, 7) is 1.72. The number of esters is 1. The fourth-order valence-corrected chi connectivity index (χ4v) is 4.06. The molecule has 134 valence electrons. The molecule has 0 bridgehead atoms. The lowest BCUT2D eigenvalue weighted by Gasteiger charge is -2.34. The Labute approximate surface area is 159 Å². The van der Waals surface area contributed by atoms with Crippen molar-refractivity contribution in [3.63, 3.8) is 0 Å². The molecule has 2 aliphatic rings. The maximum Gasteiger partial charge on any atom is 0.338 e. The molecule has 2 aliphatic heterocycles. The number of carbonyl (C=O) groups is 1. The van der Waals surface area contributed by atoms with Crippen molar-refractivity contribution in [3.8, 4) is 11.8 Å². The third-order valence-corrected chi connectivity index (χ3v) is 5.35. The SMILES string of the molecule is COC(=O)C1=C(C)N=C2SC(C#N)=C(N)N2[C@H]1c1ccc(OC)c(Cl)c1. The van der Waals surface area contributed by atoms with Gasteiger partial charge < -0.3 is 15.2 Å². The molecule has 0 saturated carbocycles. The molecule has 0 aliphatic carbocycles. The van der Waals surface area contributed by atoms with Crippen LogP contribution in [0.1, 0.15) is 18.5 Å². The Morgan fingerprint density at radius 2 is 2.19 bits per heavy atom. The van der Waals surface area contributed by atoms with E-state index in [-0.39, 0.29) is 5.82 Å². The standard InChI is InChI=1S/C17H15ClN4O3S/c1-8-13(16(23)25-3)14(9-4-5-11(24-2)10(18)6-9)22-15(20)12(7-19)26-17(22)21-8/h4-6,14H,20H2,1-3H3/t14-/m0/s1. The van der Waals surface area contributed by atoms with Crippen molar-refractivity contribution in [2.75, 3.05) is 14.2 Å². The Kier molecular flexibility index (Phi) is 4.85. The summed E-state index contributed by atoms with van der Waals surface area (Å²) < 4.78 is 10.1. The maximum atomic E-state index is 12.5. The van der Waals surface area contributed by atoms with Crippen LogP contribution in [0, 0.1) is 11.3 Å². The number of allylic oxidation sites excluding steroid dienone is 2. The normalized spacial score (nSPS) is 19.1. The summed E-state index contributed by atoms with van der Waals surface area (Å²) in [5.41, 5.74) is 7.70. The van der Waals surface area contributed by atoms with Crippen LogP contribution in [0.25, 0.3) is 0 Å². The minimum atomic E-state index is -0.614. The van der Waals surface area contributed by atoms with Gasteiger partial charge in [0.2, 0.25) is 0 Å². The van der Waals surface area contributed by atoms with E-state index in [0.717, 1.165) is 11.8 Å². The number of ether oxygens (including phenoxy) is 2. The van der Waals surface area contributed by atoms with Crippen LogP contribution in [0.4, 0.5) is 0 Å². The zero-order chi connectivity index (χ0) is 19.0. The van der Waals surface area contributed by atoms with Gasteiger partial charge in [-0.3, -0.25) is 4.90 Å². The number of thioether (sulfide) groups is 1. The quantitative estimate of drug-likeness (QED) is 0.791. The van der Waals surface area contributed by atoms with Crippen molar-refractivity contribution in [3.05, 3.63) is 50.8 Å². The van der Waals surface area contributed by atoms with Gasteiger partial charge in [-0.2, -0.15) is 5.26 Å². The number of amidine groups is 1. The zero-order valence-electron chi connectivity index (χ0n) is 14.2. The predicted octanol–water partition coefficient (Wildman–Crippen LogP) is 2.91. The number of fused-ring (bicyclic) bond motifs is 1. The van der Waals surface area contributed by atoms with Crippen LogP contribution >= 0.6 is 23.4 Å². The Morgan fingerprint density at radius 1 is 1.46 bits per heavy atom. The lowest BCUT2D eigenvalue weighted by atomic mass is 9.94. The second-order valence-electron chi connectivity index (χ2n) is 5.48. The molecule has 9 heteroatoms. The smallest absolute Gasteiger partial charge is 0.338 e. The van der Waals surface area contributed by atoms with Crippen LogP contribution in [0.3, 0.4) is 0 Å². The Morgan fingerprint density at radius 3 is 2.77 bits per heavy atom. The van der Waals surface area contributed by atoms with E-state index in [1.807, 2.05) is 0 Å². The summed E-state index contributed by atoms with van der Waals surface area (Å²) in [6.07, 6.45) is 0. The summed E-state index contributed by atoms with van der Waals surface area (Å²) in [5, 5.41) is 10.2. The molecule has 1 aromatic carbocycles. The van der Waals surface area contributed by atoms with Crippen molar-refractivity contribution in [2.24, 2.45) is 10.7 Å². The highest BCUT2D eigenvalue weighted by molar-refractivity contribution is 8.17. The van der Waals surface area contributed by atoms with E-state index in [2.05, 4.69) is 11.1 Å². The first-order valence-corrected chi connectivity index (χ1v) is 8.70. The highest BCUT2D eigenvalue weighted by Gasteiger charge is 2.42. The summed E-state index contributed by atoms with van der Waals surface area (Å²) in [6, 6.07) is 6.64. The van der Waals surface area contributed by atoms with Crippen LogP contribution < -0.4 is 10.5 Å². The van der Waals surface area contributed by atoms with E-state index < -0.39 is 12.0 Å². The number of methoxy groups -OCH3 is 2. The Balaban J connectivity index is 2.21. The molecule has 0 aromatic heterocycles.